The fourth-order valence-electron chi connectivity index (χ4n) is 10.9. The van der Waals surface area contributed by atoms with Crippen molar-refractivity contribution in [3.8, 4) is 0 Å². The van der Waals surface area contributed by atoms with Crippen LogP contribution in [0.15, 0.2) is 16.8 Å². The number of nitro benzene ring substituents is 1. The Morgan fingerprint density at radius 1 is 0.398 bits per heavy atom. The molecular weight excluding hydrogens is 1130 g/mol. The Morgan fingerprint density at radius 3 is 1.00 bits per heavy atom. The molecule has 22 fully saturated rings. The number of nitrogens with zero attached hydrogens (tertiary/aromatic N) is 3. The van der Waals surface area contributed by atoms with Gasteiger partial charge in [-0.15, -0.1) is 0 Å². The molecule has 0 spiro atoms. The number of aliphatic hydroxyl groups is 17. The molecule has 22 saturated heterocycles. The van der Waals surface area contributed by atoms with Gasteiger partial charge in [-0.25, -0.2) is 4.63 Å². The van der Waals surface area contributed by atoms with Crippen molar-refractivity contribution in [1.82, 2.24) is 15.6 Å². The Balaban J connectivity index is 0.964. The lowest BCUT2D eigenvalue weighted by atomic mass is 9.94. The zero-order chi connectivity index (χ0) is 59.7. The summed E-state index contributed by atoms with van der Waals surface area (Å²) in [6, 6.07) is 2.68. The minimum atomic E-state index is -2.17. The quantitative estimate of drug-likeness (QED) is 0.0474. The first-order chi connectivity index (χ1) is 39.7. The summed E-state index contributed by atoms with van der Waals surface area (Å²) in [5, 5.41) is 215. The first kappa shape index (κ1) is 64.1. The third kappa shape index (κ3) is 13.1. The molecule has 83 heavy (non-hydrogen) atoms. The lowest BCUT2D eigenvalue weighted by Crippen LogP contribution is -2.69. The molecule has 37 nitrogen and oxygen atoms in total. The normalized spacial score (nSPS) is 46.4. The maximum absolute atomic E-state index is 11.8. The van der Waals surface area contributed by atoms with Crippen LogP contribution >= 0.6 is 0 Å². The standard InChI is InChI=1S/C46H71N5O32/c52-8-16-36-25(59)31(65)43(73-16)80-38-18(10-54)75-45(33(67)27(38)61)82-40-20(12-56)76-46(34(68)28(40)62)81-39-19(11-55)74-44(32(66)26(39)60)79-37-17(9-53)72-42(30(64)24(37)58)77-35-15(71-41(78-36)29(63)23(35)57)7-47-5-1-2-6-48-13-3-4-14(51(69)70)22-21(13)49-83-50-22/h3-4,15-20,23-48,52-68H,1-2,5-12H2/t15-,16-,17-,18-,19-,20-,23-,24-,25-,26-,27-,28-,29-,30-,31-,32-,33-,34-,35-,36-,37-,38-,39-,40-,41-,42-,43-,44-,45-,46-/m1/s1. The highest BCUT2D eigenvalue weighted by atomic mass is 16.8. The molecule has 0 amide bonds. The molecule has 24 rings (SSSR count). The Bertz CT molecular complexity index is 2380. The van der Waals surface area contributed by atoms with Crippen LogP contribution < -0.4 is 10.6 Å². The van der Waals surface area contributed by atoms with E-state index in [2.05, 4.69) is 20.9 Å². The molecule has 12 bridgehead atoms. The summed E-state index contributed by atoms with van der Waals surface area (Å²) in [6.07, 6.45) is -57.8. The molecule has 30 atom stereocenters. The highest BCUT2D eigenvalue weighted by Gasteiger charge is 2.59. The summed E-state index contributed by atoms with van der Waals surface area (Å²) < 4.78 is 74.6. The predicted octanol–water partition coefficient (Wildman–Crippen LogP) is -11.1. The van der Waals surface area contributed by atoms with Crippen molar-refractivity contribution >= 4 is 22.4 Å². The highest BCUT2D eigenvalue weighted by Crippen LogP contribution is 2.38. The SMILES string of the molecule is O=[N+]([O-])c1ccc(NCCCCNC[C@H]2O[C@@H]3O[C@H]4[C@H](O)[C@@H](O)[C@@H](O[C@H]5[C@H](O)[C@@H](O)[C@@H](O[C@H]6[C@H](O)[C@@H](O)[C@@H](O[C@H]7[C@H](O)[C@@H](O)[C@@H](O[C@H]8[C@H](O)[C@@H](O)[C@@H](O[C@H]2[C@H](O)[C@H]3O)O[C@@H]8CO)O[C@@H]7CO)O[C@@H]6CO)O[C@@H]5CO)O[C@@H]4CO)c2nonc12. The van der Waals surface area contributed by atoms with E-state index >= 15 is 0 Å². The Hall–Kier alpha value is -3.38. The van der Waals surface area contributed by atoms with E-state index in [9.17, 15) is 96.9 Å². The molecule has 0 saturated carbocycles. The lowest BCUT2D eigenvalue weighted by Gasteiger charge is -2.50. The predicted molar refractivity (Wildman–Crippen MR) is 258 cm³/mol. The van der Waals surface area contributed by atoms with E-state index in [4.69, 9.17) is 61.5 Å². The summed E-state index contributed by atoms with van der Waals surface area (Å²) in [6.45, 7) is -4.82. The second-order valence-corrected chi connectivity index (χ2v) is 20.9. The van der Waals surface area contributed by atoms with Gasteiger partial charge in [0.1, 0.15) is 146 Å². The molecule has 19 N–H and O–H groups in total. The summed E-state index contributed by atoms with van der Waals surface area (Å²) in [5.41, 5.74) is 0.162. The minimum absolute atomic E-state index is 0.0620. The molecule has 0 radical (unpaired) electrons. The van der Waals surface area contributed by atoms with Gasteiger partial charge in [0.2, 0.25) is 5.52 Å². The Kier molecular flexibility index (Phi) is 21.4. The number of benzene rings is 1. The number of rotatable bonds is 14. The van der Waals surface area contributed by atoms with Crippen LogP contribution in [0.4, 0.5) is 11.4 Å². The average Bonchev–Trinajstić information content (AvgIpc) is 3.84. The van der Waals surface area contributed by atoms with Gasteiger partial charge in [0, 0.05) is 19.2 Å². The van der Waals surface area contributed by atoms with Crippen molar-refractivity contribution in [2.45, 2.75) is 197 Å². The van der Waals surface area contributed by atoms with Crippen LogP contribution in [-0.2, 0) is 56.8 Å². The van der Waals surface area contributed by atoms with Crippen molar-refractivity contribution < 1.29 is 153 Å². The fourth-order valence-corrected chi connectivity index (χ4v) is 10.9. The van der Waals surface area contributed by atoms with E-state index in [0.29, 0.717) is 25.1 Å². The van der Waals surface area contributed by atoms with E-state index in [0.717, 1.165) is 0 Å². The van der Waals surface area contributed by atoms with Crippen molar-refractivity contribution in [1.29, 1.82) is 0 Å². The van der Waals surface area contributed by atoms with Crippen molar-refractivity contribution in [2.75, 3.05) is 58.0 Å². The van der Waals surface area contributed by atoms with Gasteiger partial charge in [-0.05, 0) is 35.8 Å². The molecule has 37 heteroatoms. The smallest absolute Gasteiger partial charge is 0.300 e. The number of anilines is 1. The monoisotopic (exact) mass is 1210 g/mol. The van der Waals surface area contributed by atoms with Gasteiger partial charge in [0.25, 0.3) is 0 Å². The number of nitro groups is 1. The summed E-state index contributed by atoms with van der Waals surface area (Å²) in [5.74, 6) is 0. The van der Waals surface area contributed by atoms with Gasteiger partial charge in [0.05, 0.1) is 43.6 Å². The third-order valence-electron chi connectivity index (χ3n) is 15.5. The van der Waals surface area contributed by atoms with Crippen LogP contribution in [0.1, 0.15) is 12.8 Å². The van der Waals surface area contributed by atoms with Gasteiger partial charge < -0.3 is 154 Å². The van der Waals surface area contributed by atoms with E-state index in [1.54, 1.807) is 0 Å². The van der Waals surface area contributed by atoms with E-state index < -0.39 is 222 Å². The first-order valence-electron chi connectivity index (χ1n) is 26.7. The molecule has 0 aliphatic carbocycles. The van der Waals surface area contributed by atoms with Crippen molar-refractivity contribution in [3.63, 3.8) is 0 Å². The summed E-state index contributed by atoms with van der Waals surface area (Å²) >= 11 is 0. The number of ether oxygens (including phenoxy) is 12. The van der Waals surface area contributed by atoms with Crippen LogP contribution in [0, 0.1) is 10.1 Å². The molecule has 1 aromatic heterocycles. The largest absolute Gasteiger partial charge is 0.394 e. The molecule has 0 unspecified atom stereocenters. The van der Waals surface area contributed by atoms with Crippen molar-refractivity contribution in [3.05, 3.63) is 22.2 Å². The Morgan fingerprint density at radius 2 is 0.687 bits per heavy atom. The fraction of sp³-hybridized carbons (Fsp3) is 0.870. The zero-order valence-electron chi connectivity index (χ0n) is 43.6. The maximum Gasteiger partial charge on any atom is 0.300 e. The molecular formula is C46H71N5O32. The van der Waals surface area contributed by atoms with Crippen LogP contribution in [0.3, 0.4) is 0 Å². The van der Waals surface area contributed by atoms with Crippen LogP contribution in [0.2, 0.25) is 0 Å². The van der Waals surface area contributed by atoms with E-state index in [1.165, 1.54) is 12.1 Å². The van der Waals surface area contributed by atoms with Gasteiger partial charge in [-0.1, -0.05) is 0 Å². The number of aromatic nitrogens is 2. The zero-order valence-corrected chi connectivity index (χ0v) is 43.6. The van der Waals surface area contributed by atoms with Crippen LogP contribution in [-0.4, -0.2) is 339 Å². The molecule has 22 aliphatic heterocycles. The van der Waals surface area contributed by atoms with Crippen LogP contribution in [0.25, 0.3) is 11.0 Å². The third-order valence-corrected chi connectivity index (χ3v) is 15.5. The number of hydrogen-bond acceptors (Lipinski definition) is 36. The number of fused-ring (bicyclic) bond motifs is 1. The maximum atomic E-state index is 11.8. The number of hydrogen-bond donors (Lipinski definition) is 19. The number of aliphatic hydroxyl groups excluding tert-OH is 17. The van der Waals surface area contributed by atoms with Gasteiger partial charge in [-0.2, -0.15) is 0 Å². The van der Waals surface area contributed by atoms with Gasteiger partial charge in [-0.3, -0.25) is 10.1 Å². The second kappa shape index (κ2) is 27.8. The van der Waals surface area contributed by atoms with Crippen molar-refractivity contribution in [2.24, 2.45) is 0 Å². The second-order valence-electron chi connectivity index (χ2n) is 20.9. The number of unbranched alkanes of at least 4 members (excludes halogenated alkanes) is 1. The van der Waals surface area contributed by atoms with E-state index in [1.807, 2.05) is 0 Å². The highest BCUT2D eigenvalue weighted by molar-refractivity contribution is 5.93. The molecule has 22 aliphatic rings. The lowest BCUT2D eigenvalue weighted by molar-refractivity contribution is -0.403. The number of nitrogens with one attached hydrogen (secondary N) is 2. The van der Waals surface area contributed by atoms with Crippen LogP contribution in [0.5, 0.6) is 0 Å². The first-order valence-corrected chi connectivity index (χ1v) is 26.7. The molecule has 472 valence electrons. The molecule has 2 aromatic rings. The van der Waals surface area contributed by atoms with E-state index in [-0.39, 0.29) is 29.8 Å². The average molecular weight is 1210 g/mol. The number of non-ortho nitro benzene ring substituents is 1. The molecule has 1 aromatic carbocycles. The Labute approximate surface area is 467 Å². The topological polar surface area (TPSA) is 561 Å². The van der Waals surface area contributed by atoms with Gasteiger partial charge in [0.15, 0.2) is 43.3 Å². The summed E-state index contributed by atoms with van der Waals surface area (Å²) in [4.78, 5) is 10.8. The van der Waals surface area contributed by atoms with Gasteiger partial charge >= 0.3 is 5.69 Å². The summed E-state index contributed by atoms with van der Waals surface area (Å²) in [7, 11) is 0. The molecule has 23 heterocycles. The minimum Gasteiger partial charge on any atom is -0.394 e.